The van der Waals surface area contributed by atoms with Crippen LogP contribution in [0.25, 0.3) is 11.0 Å². The summed E-state index contributed by atoms with van der Waals surface area (Å²) in [4.78, 5) is 23.7. The van der Waals surface area contributed by atoms with Crippen molar-refractivity contribution in [1.82, 2.24) is 0 Å². The van der Waals surface area contributed by atoms with Crippen LogP contribution < -0.4 is 10.9 Å². The number of hydrogen-bond acceptors (Lipinski definition) is 4. The van der Waals surface area contributed by atoms with Crippen LogP contribution in [0.4, 0.5) is 5.69 Å². The van der Waals surface area contributed by atoms with Crippen molar-refractivity contribution >= 4 is 44.3 Å². The molecule has 0 saturated heterocycles. The van der Waals surface area contributed by atoms with Crippen LogP contribution in [0.1, 0.15) is 27.6 Å². The molecule has 1 aromatic heterocycles. The van der Waals surface area contributed by atoms with E-state index in [1.807, 2.05) is 12.1 Å². The van der Waals surface area contributed by atoms with Gasteiger partial charge in [-0.05, 0) is 55.5 Å². The number of anilines is 1. The Morgan fingerprint density at radius 2 is 1.79 bits per heavy atom. The number of Topliss-reactive ketones (excluding diaryl/α,β-unsaturated/α-hetero) is 1. The molecule has 0 radical (unpaired) electrons. The van der Waals surface area contributed by atoms with Gasteiger partial charge in [-0.2, -0.15) is 0 Å². The number of carbonyl (C=O) groups excluding carboxylic acids is 2. The van der Waals surface area contributed by atoms with Gasteiger partial charge in [0.15, 0.2) is 5.78 Å². The van der Waals surface area contributed by atoms with Crippen molar-refractivity contribution < 1.29 is 14.0 Å². The van der Waals surface area contributed by atoms with Gasteiger partial charge in [-0.25, -0.2) is 0 Å². The minimum Gasteiger partial charge on any atom is -0.438 e. The van der Waals surface area contributed by atoms with Crippen molar-refractivity contribution in [3.05, 3.63) is 69.7 Å². The highest BCUT2D eigenvalue weighted by molar-refractivity contribution is 9.10. The van der Waals surface area contributed by atoms with Crippen LogP contribution in [0.5, 0.6) is 0 Å². The Balaban J connectivity index is 1.91. The number of benzene rings is 2. The Bertz CT molecular complexity index is 1010. The summed E-state index contributed by atoms with van der Waals surface area (Å²) in [6.07, 6.45) is 0. The Kier molecular flexibility index (Phi) is 4.31. The summed E-state index contributed by atoms with van der Waals surface area (Å²) >= 11 is 3.37. The van der Waals surface area contributed by atoms with Crippen molar-refractivity contribution in [3.8, 4) is 0 Å². The summed E-state index contributed by atoms with van der Waals surface area (Å²) in [5, 5.41) is 11.3. The number of amides is 1. The largest absolute Gasteiger partial charge is 0.438 e. The van der Waals surface area contributed by atoms with Crippen molar-refractivity contribution in [1.29, 1.82) is 5.41 Å². The van der Waals surface area contributed by atoms with Crippen molar-refractivity contribution in [2.45, 2.75) is 6.92 Å². The molecule has 120 valence electrons. The highest BCUT2D eigenvalue weighted by Crippen LogP contribution is 2.20. The predicted molar refractivity (Wildman–Crippen MR) is 94.2 cm³/mol. The Morgan fingerprint density at radius 3 is 2.46 bits per heavy atom. The lowest BCUT2D eigenvalue weighted by Crippen LogP contribution is -2.20. The quantitative estimate of drug-likeness (QED) is 0.665. The molecule has 0 aliphatic carbocycles. The SMILES string of the molecule is CC(=O)c1ccc(NC(=O)c2cc3cc(Br)ccc3oc2=N)cc1. The molecule has 2 N–H and O–H groups in total. The molecule has 3 aromatic rings. The molecule has 1 heterocycles. The maximum Gasteiger partial charge on any atom is 0.261 e. The smallest absolute Gasteiger partial charge is 0.261 e. The van der Waals surface area contributed by atoms with E-state index in [2.05, 4.69) is 21.2 Å². The highest BCUT2D eigenvalue weighted by atomic mass is 79.9. The highest BCUT2D eigenvalue weighted by Gasteiger charge is 2.12. The van der Waals surface area contributed by atoms with E-state index in [0.29, 0.717) is 16.8 Å². The van der Waals surface area contributed by atoms with E-state index >= 15 is 0 Å². The van der Waals surface area contributed by atoms with E-state index in [0.717, 1.165) is 9.86 Å². The van der Waals surface area contributed by atoms with Crippen LogP contribution in [0.15, 0.2) is 57.4 Å². The minimum atomic E-state index is -0.443. The van der Waals surface area contributed by atoms with Gasteiger partial charge in [0.2, 0.25) is 5.55 Å². The zero-order valence-corrected chi connectivity index (χ0v) is 14.3. The van der Waals surface area contributed by atoms with E-state index in [4.69, 9.17) is 9.83 Å². The Labute approximate surface area is 145 Å². The number of hydrogen-bond donors (Lipinski definition) is 2. The first-order valence-electron chi connectivity index (χ1n) is 7.14. The van der Waals surface area contributed by atoms with Crippen LogP contribution in [-0.4, -0.2) is 11.7 Å². The van der Waals surface area contributed by atoms with Crippen molar-refractivity contribution in [3.63, 3.8) is 0 Å². The van der Waals surface area contributed by atoms with E-state index in [-0.39, 0.29) is 16.9 Å². The normalized spacial score (nSPS) is 10.6. The lowest BCUT2D eigenvalue weighted by molar-refractivity contribution is 0.101. The van der Waals surface area contributed by atoms with Gasteiger partial charge in [-0.3, -0.25) is 15.0 Å². The van der Waals surface area contributed by atoms with Gasteiger partial charge in [0.05, 0.1) is 0 Å². The van der Waals surface area contributed by atoms with Crippen molar-refractivity contribution in [2.75, 3.05) is 5.32 Å². The summed E-state index contributed by atoms with van der Waals surface area (Å²) in [5.74, 6) is -0.485. The van der Waals surface area contributed by atoms with E-state index < -0.39 is 5.91 Å². The third-order valence-corrected chi connectivity index (χ3v) is 4.02. The number of rotatable bonds is 3. The second-order valence-corrected chi connectivity index (χ2v) is 6.17. The molecular formula is C18H13BrN2O3. The average Bonchev–Trinajstić information content (AvgIpc) is 2.55. The topological polar surface area (TPSA) is 83.2 Å². The first kappa shape index (κ1) is 16.1. The number of halogens is 1. The first-order chi connectivity index (χ1) is 11.4. The fourth-order valence-corrected chi connectivity index (χ4v) is 2.65. The van der Waals surface area contributed by atoms with Gasteiger partial charge in [0.25, 0.3) is 5.91 Å². The van der Waals surface area contributed by atoms with Crippen LogP contribution >= 0.6 is 15.9 Å². The lowest BCUT2D eigenvalue weighted by atomic mass is 10.1. The molecule has 24 heavy (non-hydrogen) atoms. The van der Waals surface area contributed by atoms with Crippen LogP contribution in [0.3, 0.4) is 0 Å². The predicted octanol–water partition coefficient (Wildman–Crippen LogP) is 4.13. The second kappa shape index (κ2) is 6.41. The number of ketones is 1. The van der Waals surface area contributed by atoms with Crippen LogP contribution in [0, 0.1) is 5.41 Å². The first-order valence-corrected chi connectivity index (χ1v) is 7.94. The van der Waals surface area contributed by atoms with Gasteiger partial charge < -0.3 is 9.73 Å². The molecule has 0 bridgehead atoms. The molecule has 3 rings (SSSR count). The molecule has 0 unspecified atom stereocenters. The molecule has 0 spiro atoms. The van der Waals surface area contributed by atoms with E-state index in [1.165, 1.54) is 6.92 Å². The number of carbonyl (C=O) groups is 2. The average molecular weight is 385 g/mol. The number of nitrogens with one attached hydrogen (secondary N) is 2. The fraction of sp³-hybridized carbons (Fsp3) is 0.0556. The summed E-state index contributed by atoms with van der Waals surface area (Å²) in [5.41, 5.74) is 1.57. The van der Waals surface area contributed by atoms with E-state index in [1.54, 1.807) is 36.4 Å². The van der Waals surface area contributed by atoms with Crippen LogP contribution in [0.2, 0.25) is 0 Å². The molecule has 1 amide bonds. The number of fused-ring (bicyclic) bond motifs is 1. The summed E-state index contributed by atoms with van der Waals surface area (Å²) in [6, 6.07) is 13.5. The summed E-state index contributed by atoms with van der Waals surface area (Å²) in [7, 11) is 0. The second-order valence-electron chi connectivity index (χ2n) is 5.26. The van der Waals surface area contributed by atoms with Gasteiger partial charge in [-0.15, -0.1) is 0 Å². The fourth-order valence-electron chi connectivity index (χ4n) is 2.27. The standard InChI is InChI=1S/C18H13BrN2O3/c1-10(22)11-2-5-14(6-3-11)21-18(23)15-9-12-8-13(19)4-7-16(12)24-17(15)20/h2-9,20H,1H3,(H,21,23). The maximum atomic E-state index is 12.4. The maximum absolute atomic E-state index is 12.4. The zero-order chi connectivity index (χ0) is 17.3. The van der Waals surface area contributed by atoms with Crippen molar-refractivity contribution in [2.24, 2.45) is 0 Å². The third-order valence-electron chi connectivity index (χ3n) is 3.52. The summed E-state index contributed by atoms with van der Waals surface area (Å²) < 4.78 is 6.25. The van der Waals surface area contributed by atoms with Crippen LogP contribution in [-0.2, 0) is 0 Å². The molecule has 5 nitrogen and oxygen atoms in total. The molecular weight excluding hydrogens is 372 g/mol. The molecule has 0 saturated carbocycles. The summed E-state index contributed by atoms with van der Waals surface area (Å²) in [6.45, 7) is 1.48. The molecule has 6 heteroatoms. The lowest BCUT2D eigenvalue weighted by Gasteiger charge is -2.07. The monoisotopic (exact) mass is 384 g/mol. The van der Waals surface area contributed by atoms with Gasteiger partial charge in [0, 0.05) is 21.1 Å². The molecule has 2 aromatic carbocycles. The van der Waals surface area contributed by atoms with Gasteiger partial charge >= 0.3 is 0 Å². The molecule has 0 fully saturated rings. The molecule has 0 atom stereocenters. The zero-order valence-electron chi connectivity index (χ0n) is 12.7. The third kappa shape index (κ3) is 3.28. The molecule has 0 aliphatic rings. The van der Waals surface area contributed by atoms with E-state index in [9.17, 15) is 9.59 Å². The molecule has 0 aliphatic heterocycles. The minimum absolute atomic E-state index is 0.0415. The van der Waals surface area contributed by atoms with Gasteiger partial charge in [-0.1, -0.05) is 15.9 Å². The van der Waals surface area contributed by atoms with Gasteiger partial charge in [0.1, 0.15) is 11.1 Å². The Morgan fingerprint density at radius 1 is 1.08 bits per heavy atom. The Hall–Kier alpha value is -2.73.